The Hall–Kier alpha value is -1.26. The number of carbonyl (C=O) groups is 1. The number of aromatic hydroxyl groups is 1. The average molecular weight is 283 g/mol. The maximum atomic E-state index is 12.1. The lowest BCUT2D eigenvalue weighted by molar-refractivity contribution is 0.0938. The van der Waals surface area contributed by atoms with Crippen LogP contribution in [0.25, 0.3) is 0 Å². The molecule has 0 bridgehead atoms. The fourth-order valence-electron chi connectivity index (χ4n) is 2.39. The van der Waals surface area contributed by atoms with Gasteiger partial charge >= 0.3 is 0 Å². The largest absolute Gasteiger partial charge is 0.506 e. The summed E-state index contributed by atoms with van der Waals surface area (Å²) in [5.74, 6) is -0.140. The third-order valence-corrected chi connectivity index (χ3v) is 3.66. The van der Waals surface area contributed by atoms with Crippen LogP contribution < -0.4 is 5.32 Å². The van der Waals surface area contributed by atoms with Gasteiger partial charge in [0.15, 0.2) is 0 Å². The summed E-state index contributed by atoms with van der Waals surface area (Å²) in [6.07, 6.45) is 2.12. The van der Waals surface area contributed by atoms with Gasteiger partial charge < -0.3 is 15.3 Å². The van der Waals surface area contributed by atoms with Gasteiger partial charge in [0.25, 0.3) is 5.91 Å². The van der Waals surface area contributed by atoms with E-state index in [-0.39, 0.29) is 22.7 Å². The molecule has 2 N–H and O–H groups in total. The lowest BCUT2D eigenvalue weighted by atomic mass is 10.2. The van der Waals surface area contributed by atoms with Crippen LogP contribution in [-0.4, -0.2) is 41.6 Å². The molecule has 5 heteroatoms. The van der Waals surface area contributed by atoms with Crippen LogP contribution in [0.15, 0.2) is 18.2 Å². The Morgan fingerprint density at radius 1 is 1.58 bits per heavy atom. The molecule has 1 aromatic rings. The second kappa shape index (κ2) is 6.26. The van der Waals surface area contributed by atoms with Crippen molar-refractivity contribution in [2.24, 2.45) is 0 Å². The molecule has 0 aromatic heterocycles. The van der Waals surface area contributed by atoms with Crippen molar-refractivity contribution in [3.05, 3.63) is 28.8 Å². The Labute approximate surface area is 118 Å². The average Bonchev–Trinajstić information content (AvgIpc) is 2.80. The standard InChI is InChI=1S/C14H19ClN2O2/c1-2-6-17-7-5-11(9-17)16-14(19)10-3-4-13(18)12(15)8-10/h3-4,8,11,18H,2,5-7,9H2,1H3,(H,16,19). The van der Waals surface area contributed by atoms with Crippen LogP contribution in [0.3, 0.4) is 0 Å². The molecule has 0 aliphatic carbocycles. The van der Waals surface area contributed by atoms with E-state index in [9.17, 15) is 9.90 Å². The summed E-state index contributed by atoms with van der Waals surface area (Å²) >= 11 is 5.80. The highest BCUT2D eigenvalue weighted by Crippen LogP contribution is 2.23. The summed E-state index contributed by atoms with van der Waals surface area (Å²) in [6, 6.07) is 4.71. The molecule has 2 rings (SSSR count). The fraction of sp³-hybridized carbons (Fsp3) is 0.500. The van der Waals surface area contributed by atoms with Gasteiger partial charge in [0.2, 0.25) is 0 Å². The molecule has 1 saturated heterocycles. The zero-order valence-electron chi connectivity index (χ0n) is 11.0. The topological polar surface area (TPSA) is 52.6 Å². The fourth-order valence-corrected chi connectivity index (χ4v) is 2.57. The van der Waals surface area contributed by atoms with Crippen molar-refractivity contribution in [1.29, 1.82) is 0 Å². The van der Waals surface area contributed by atoms with Crippen LogP contribution in [-0.2, 0) is 0 Å². The molecule has 4 nitrogen and oxygen atoms in total. The second-order valence-electron chi connectivity index (χ2n) is 4.93. The van der Waals surface area contributed by atoms with E-state index in [4.69, 9.17) is 11.6 Å². The first kappa shape index (κ1) is 14.2. The molecule has 1 aliphatic rings. The van der Waals surface area contributed by atoms with Crippen molar-refractivity contribution in [3.8, 4) is 5.75 Å². The third kappa shape index (κ3) is 3.61. The minimum absolute atomic E-state index is 0.00629. The molecule has 1 fully saturated rings. The van der Waals surface area contributed by atoms with E-state index in [1.807, 2.05) is 0 Å². The zero-order valence-corrected chi connectivity index (χ0v) is 11.8. The number of hydrogen-bond donors (Lipinski definition) is 2. The number of likely N-dealkylation sites (tertiary alicyclic amines) is 1. The number of nitrogens with zero attached hydrogens (tertiary/aromatic N) is 1. The van der Waals surface area contributed by atoms with Crippen molar-refractivity contribution in [3.63, 3.8) is 0 Å². The number of hydrogen-bond acceptors (Lipinski definition) is 3. The van der Waals surface area contributed by atoms with E-state index in [2.05, 4.69) is 17.1 Å². The van der Waals surface area contributed by atoms with E-state index in [1.165, 1.54) is 12.1 Å². The number of carbonyl (C=O) groups excluding carboxylic acids is 1. The third-order valence-electron chi connectivity index (χ3n) is 3.36. The molecule has 0 radical (unpaired) electrons. The molecule has 1 aromatic carbocycles. The first-order valence-electron chi connectivity index (χ1n) is 6.62. The summed E-state index contributed by atoms with van der Waals surface area (Å²) in [5.41, 5.74) is 0.483. The number of phenolic OH excluding ortho intramolecular Hbond substituents is 1. The molecule has 1 heterocycles. The first-order valence-corrected chi connectivity index (χ1v) is 6.99. The summed E-state index contributed by atoms with van der Waals surface area (Å²) in [6.45, 7) is 5.18. The van der Waals surface area contributed by atoms with Gasteiger partial charge in [-0.2, -0.15) is 0 Å². The quantitative estimate of drug-likeness (QED) is 0.891. The molecule has 1 atom stereocenters. The van der Waals surface area contributed by atoms with E-state index in [1.54, 1.807) is 6.07 Å². The number of amides is 1. The summed E-state index contributed by atoms with van der Waals surface area (Å²) in [7, 11) is 0. The highest BCUT2D eigenvalue weighted by Gasteiger charge is 2.23. The van der Waals surface area contributed by atoms with Crippen LogP contribution in [0.2, 0.25) is 5.02 Å². The van der Waals surface area contributed by atoms with E-state index < -0.39 is 0 Å². The normalized spacial score (nSPS) is 19.6. The highest BCUT2D eigenvalue weighted by molar-refractivity contribution is 6.32. The first-order chi connectivity index (χ1) is 9.10. The maximum Gasteiger partial charge on any atom is 0.251 e. The number of nitrogens with one attached hydrogen (secondary N) is 1. The molecular weight excluding hydrogens is 264 g/mol. The van der Waals surface area contributed by atoms with Gasteiger partial charge in [0, 0.05) is 24.7 Å². The Morgan fingerprint density at radius 2 is 2.37 bits per heavy atom. The van der Waals surface area contributed by atoms with Gasteiger partial charge in [-0.3, -0.25) is 4.79 Å². The predicted octanol–water partition coefficient (Wildman–Crippen LogP) is 2.26. The van der Waals surface area contributed by atoms with Crippen molar-refractivity contribution in [2.45, 2.75) is 25.8 Å². The van der Waals surface area contributed by atoms with Gasteiger partial charge in [-0.1, -0.05) is 18.5 Å². The van der Waals surface area contributed by atoms with Gasteiger partial charge in [0.05, 0.1) is 5.02 Å². The Morgan fingerprint density at radius 3 is 3.05 bits per heavy atom. The minimum atomic E-state index is -0.134. The summed E-state index contributed by atoms with van der Waals surface area (Å²) in [5, 5.41) is 12.5. The number of halogens is 1. The number of phenols is 1. The monoisotopic (exact) mass is 282 g/mol. The lowest BCUT2D eigenvalue weighted by Gasteiger charge is -2.15. The molecule has 0 saturated carbocycles. The zero-order chi connectivity index (χ0) is 13.8. The Bertz CT molecular complexity index is 465. The molecule has 104 valence electrons. The lowest BCUT2D eigenvalue weighted by Crippen LogP contribution is -2.37. The van der Waals surface area contributed by atoms with Crippen molar-refractivity contribution < 1.29 is 9.90 Å². The molecular formula is C14H19ClN2O2. The molecule has 0 spiro atoms. The van der Waals surface area contributed by atoms with Gasteiger partial charge in [-0.15, -0.1) is 0 Å². The van der Waals surface area contributed by atoms with Gasteiger partial charge in [0.1, 0.15) is 5.75 Å². The van der Waals surface area contributed by atoms with Crippen molar-refractivity contribution in [1.82, 2.24) is 10.2 Å². The second-order valence-corrected chi connectivity index (χ2v) is 5.33. The molecule has 19 heavy (non-hydrogen) atoms. The minimum Gasteiger partial charge on any atom is -0.506 e. The van der Waals surface area contributed by atoms with Crippen LogP contribution in [0, 0.1) is 0 Å². The molecule has 1 amide bonds. The van der Waals surface area contributed by atoms with Gasteiger partial charge in [-0.05, 0) is 37.6 Å². The van der Waals surface area contributed by atoms with Crippen LogP contribution >= 0.6 is 11.6 Å². The van der Waals surface area contributed by atoms with Gasteiger partial charge in [-0.25, -0.2) is 0 Å². The van der Waals surface area contributed by atoms with Crippen molar-refractivity contribution >= 4 is 17.5 Å². The van der Waals surface area contributed by atoms with Crippen LogP contribution in [0.4, 0.5) is 0 Å². The Balaban J connectivity index is 1.92. The SMILES string of the molecule is CCCN1CCC(NC(=O)c2ccc(O)c(Cl)c2)C1. The van der Waals surface area contributed by atoms with E-state index in [0.717, 1.165) is 32.5 Å². The van der Waals surface area contributed by atoms with Crippen LogP contribution in [0.1, 0.15) is 30.1 Å². The molecule has 1 unspecified atom stereocenters. The van der Waals surface area contributed by atoms with Crippen molar-refractivity contribution in [2.75, 3.05) is 19.6 Å². The number of rotatable bonds is 4. The van der Waals surface area contributed by atoms with E-state index in [0.29, 0.717) is 5.56 Å². The smallest absolute Gasteiger partial charge is 0.251 e. The maximum absolute atomic E-state index is 12.1. The predicted molar refractivity (Wildman–Crippen MR) is 75.7 cm³/mol. The van der Waals surface area contributed by atoms with E-state index >= 15 is 0 Å². The Kier molecular flexibility index (Phi) is 4.66. The molecule has 1 aliphatic heterocycles. The number of benzene rings is 1. The summed E-state index contributed by atoms with van der Waals surface area (Å²) < 4.78 is 0. The highest BCUT2D eigenvalue weighted by atomic mass is 35.5. The van der Waals surface area contributed by atoms with Crippen LogP contribution in [0.5, 0.6) is 5.75 Å². The summed E-state index contributed by atoms with van der Waals surface area (Å²) in [4.78, 5) is 14.4.